The van der Waals surface area contributed by atoms with Gasteiger partial charge in [0.1, 0.15) is 11.6 Å². The Labute approximate surface area is 132 Å². The molecule has 20 heavy (non-hydrogen) atoms. The summed E-state index contributed by atoms with van der Waals surface area (Å²) in [5, 5.41) is 13.4. The van der Waals surface area contributed by atoms with Crippen LogP contribution in [0, 0.1) is 12.7 Å². The number of halogens is 3. The molecule has 1 aliphatic heterocycles. The Morgan fingerprint density at radius 3 is 2.45 bits per heavy atom. The van der Waals surface area contributed by atoms with Gasteiger partial charge in [0.05, 0.1) is 0 Å². The molecule has 1 heterocycles. The van der Waals surface area contributed by atoms with Gasteiger partial charge in [-0.2, -0.15) is 0 Å². The lowest BCUT2D eigenvalue weighted by Crippen LogP contribution is -2.45. The van der Waals surface area contributed by atoms with E-state index in [2.05, 4.69) is 10.2 Å². The molecule has 116 valence electrons. The summed E-state index contributed by atoms with van der Waals surface area (Å²) in [6.07, 6.45) is 0.800. The summed E-state index contributed by atoms with van der Waals surface area (Å²) in [7, 11) is 0. The van der Waals surface area contributed by atoms with Gasteiger partial charge in [0.15, 0.2) is 0 Å². The molecule has 1 atom stereocenters. The Kier molecular flexibility index (Phi) is 8.44. The highest BCUT2D eigenvalue weighted by Gasteiger charge is 2.26. The fourth-order valence-electron chi connectivity index (χ4n) is 2.65. The van der Waals surface area contributed by atoms with Crippen molar-refractivity contribution in [1.29, 1.82) is 0 Å². The molecule has 3 nitrogen and oxygen atoms in total. The normalized spacial score (nSPS) is 16.9. The first-order chi connectivity index (χ1) is 8.65. The fraction of sp³-hybridized carbons (Fsp3) is 0.571. The summed E-state index contributed by atoms with van der Waals surface area (Å²) in [5.41, 5.74) is 1.19. The second-order valence-corrected chi connectivity index (χ2v) is 4.84. The van der Waals surface area contributed by atoms with Gasteiger partial charge >= 0.3 is 0 Å². The van der Waals surface area contributed by atoms with Crippen LogP contribution >= 0.6 is 24.8 Å². The summed E-state index contributed by atoms with van der Waals surface area (Å²) < 4.78 is 14.0. The van der Waals surface area contributed by atoms with E-state index in [1.165, 1.54) is 6.07 Å². The molecule has 2 N–H and O–H groups in total. The number of aromatic hydroxyl groups is 1. The van der Waals surface area contributed by atoms with Gasteiger partial charge in [-0.25, -0.2) is 4.39 Å². The van der Waals surface area contributed by atoms with Gasteiger partial charge in [0.25, 0.3) is 0 Å². The van der Waals surface area contributed by atoms with Crippen molar-refractivity contribution in [1.82, 2.24) is 10.2 Å². The zero-order valence-electron chi connectivity index (χ0n) is 11.9. The van der Waals surface area contributed by atoms with Crippen molar-refractivity contribution in [3.8, 4) is 5.75 Å². The van der Waals surface area contributed by atoms with Crippen molar-refractivity contribution in [2.75, 3.05) is 26.2 Å². The maximum atomic E-state index is 14.0. The standard InChI is InChI=1S/C14H21FN2O.2ClH/c1-3-12(17-8-6-16-7-9-17)13-11(15)5-4-10(2)14(13)18;;/h4-5,12,16,18H,3,6-9H2,1-2H3;2*1H/t12-;;/m1../s1. The molecule has 0 unspecified atom stereocenters. The van der Waals surface area contributed by atoms with Gasteiger partial charge in [-0.15, -0.1) is 24.8 Å². The summed E-state index contributed by atoms with van der Waals surface area (Å²) in [6, 6.07) is 3.04. The third-order valence-corrected chi connectivity index (χ3v) is 3.68. The molecular formula is C14H23Cl2FN2O. The molecule has 0 radical (unpaired) electrons. The van der Waals surface area contributed by atoms with Crippen molar-refractivity contribution >= 4 is 24.8 Å². The summed E-state index contributed by atoms with van der Waals surface area (Å²) in [6.45, 7) is 7.47. The number of nitrogens with one attached hydrogen (secondary N) is 1. The number of rotatable bonds is 3. The lowest BCUT2D eigenvalue weighted by atomic mass is 9.98. The number of hydrogen-bond donors (Lipinski definition) is 2. The zero-order valence-corrected chi connectivity index (χ0v) is 13.5. The topological polar surface area (TPSA) is 35.5 Å². The monoisotopic (exact) mass is 324 g/mol. The highest BCUT2D eigenvalue weighted by atomic mass is 35.5. The first kappa shape index (κ1) is 19.4. The Morgan fingerprint density at radius 2 is 1.90 bits per heavy atom. The minimum Gasteiger partial charge on any atom is -0.507 e. The van der Waals surface area contributed by atoms with Gasteiger partial charge in [0.2, 0.25) is 0 Å². The number of nitrogens with zero attached hydrogens (tertiary/aromatic N) is 1. The van der Waals surface area contributed by atoms with E-state index in [4.69, 9.17) is 0 Å². The predicted molar refractivity (Wildman–Crippen MR) is 84.8 cm³/mol. The second-order valence-electron chi connectivity index (χ2n) is 4.84. The highest BCUT2D eigenvalue weighted by molar-refractivity contribution is 5.85. The number of piperazine rings is 1. The molecule has 1 aromatic rings. The quantitative estimate of drug-likeness (QED) is 0.897. The van der Waals surface area contributed by atoms with Crippen molar-refractivity contribution < 1.29 is 9.50 Å². The Morgan fingerprint density at radius 1 is 1.30 bits per heavy atom. The highest BCUT2D eigenvalue weighted by Crippen LogP contribution is 2.35. The van der Waals surface area contributed by atoms with E-state index >= 15 is 0 Å². The van der Waals surface area contributed by atoms with Crippen LogP contribution in [0.5, 0.6) is 5.75 Å². The molecule has 0 aromatic heterocycles. The van der Waals surface area contributed by atoms with Gasteiger partial charge in [-0.1, -0.05) is 13.0 Å². The molecule has 0 amide bonds. The van der Waals surface area contributed by atoms with Crippen LogP contribution in [0.4, 0.5) is 4.39 Å². The van der Waals surface area contributed by atoms with E-state index in [1.807, 2.05) is 13.8 Å². The molecule has 1 fully saturated rings. The molecule has 0 spiro atoms. The third-order valence-electron chi connectivity index (χ3n) is 3.68. The van der Waals surface area contributed by atoms with E-state index in [9.17, 15) is 9.50 Å². The predicted octanol–water partition coefficient (Wildman–Crippen LogP) is 3.04. The maximum Gasteiger partial charge on any atom is 0.131 e. The van der Waals surface area contributed by atoms with Gasteiger partial charge in [-0.3, -0.25) is 4.90 Å². The van der Waals surface area contributed by atoms with Crippen LogP contribution in [-0.4, -0.2) is 36.2 Å². The average molecular weight is 325 g/mol. The van der Waals surface area contributed by atoms with Crippen LogP contribution in [0.2, 0.25) is 0 Å². The van der Waals surface area contributed by atoms with Crippen LogP contribution in [0.15, 0.2) is 12.1 Å². The minimum absolute atomic E-state index is 0. The largest absolute Gasteiger partial charge is 0.507 e. The van der Waals surface area contributed by atoms with Crippen molar-refractivity contribution in [2.24, 2.45) is 0 Å². The van der Waals surface area contributed by atoms with Crippen molar-refractivity contribution in [2.45, 2.75) is 26.3 Å². The van der Waals surface area contributed by atoms with Crippen LogP contribution in [-0.2, 0) is 0 Å². The summed E-state index contributed by atoms with van der Waals surface area (Å²) >= 11 is 0. The first-order valence-electron chi connectivity index (χ1n) is 6.58. The van der Waals surface area contributed by atoms with Gasteiger partial charge in [-0.05, 0) is 25.0 Å². The lowest BCUT2D eigenvalue weighted by molar-refractivity contribution is 0.163. The molecule has 0 aliphatic carbocycles. The fourth-order valence-corrected chi connectivity index (χ4v) is 2.65. The first-order valence-corrected chi connectivity index (χ1v) is 6.58. The van der Waals surface area contributed by atoms with Crippen LogP contribution in [0.3, 0.4) is 0 Å². The molecule has 0 saturated carbocycles. The van der Waals surface area contributed by atoms with Gasteiger partial charge < -0.3 is 10.4 Å². The Bertz CT molecular complexity index is 426. The number of phenols is 1. The SMILES string of the molecule is CC[C@H](c1c(F)ccc(C)c1O)N1CCNCC1.Cl.Cl. The van der Waals surface area contributed by atoms with E-state index in [1.54, 1.807) is 6.07 Å². The van der Waals surface area contributed by atoms with Gasteiger partial charge in [0, 0.05) is 37.8 Å². The Balaban J connectivity index is 0.00000180. The average Bonchev–Trinajstić information content (AvgIpc) is 2.40. The zero-order chi connectivity index (χ0) is 13.1. The maximum absolute atomic E-state index is 14.0. The molecule has 1 saturated heterocycles. The number of aryl methyl sites for hydroxylation is 1. The smallest absolute Gasteiger partial charge is 0.131 e. The number of hydrogen-bond acceptors (Lipinski definition) is 3. The minimum atomic E-state index is -0.302. The van der Waals surface area contributed by atoms with E-state index in [0.717, 1.165) is 38.2 Å². The molecule has 1 aromatic carbocycles. The second kappa shape index (κ2) is 8.67. The molecule has 1 aliphatic rings. The lowest BCUT2D eigenvalue weighted by Gasteiger charge is -2.35. The van der Waals surface area contributed by atoms with Crippen molar-refractivity contribution in [3.05, 3.63) is 29.1 Å². The summed E-state index contributed by atoms with van der Waals surface area (Å²) in [5.74, 6) is -0.191. The van der Waals surface area contributed by atoms with Crippen LogP contribution in [0.25, 0.3) is 0 Å². The number of phenolic OH excluding ortho intramolecular Hbond substituents is 1. The van der Waals surface area contributed by atoms with E-state index in [0.29, 0.717) is 5.56 Å². The number of benzene rings is 1. The van der Waals surface area contributed by atoms with Crippen LogP contribution in [0.1, 0.15) is 30.5 Å². The van der Waals surface area contributed by atoms with Crippen molar-refractivity contribution in [3.63, 3.8) is 0 Å². The molecule has 0 bridgehead atoms. The third kappa shape index (κ3) is 3.98. The van der Waals surface area contributed by atoms with E-state index < -0.39 is 0 Å². The van der Waals surface area contributed by atoms with Crippen LogP contribution < -0.4 is 5.32 Å². The summed E-state index contributed by atoms with van der Waals surface area (Å²) in [4.78, 5) is 2.24. The molecular weight excluding hydrogens is 302 g/mol. The Hall–Kier alpha value is -0.550. The molecule has 2 rings (SSSR count). The van der Waals surface area contributed by atoms with E-state index in [-0.39, 0.29) is 42.4 Å². The molecule has 6 heteroatoms.